The van der Waals surface area contributed by atoms with Crippen molar-refractivity contribution in [2.24, 2.45) is 0 Å². The maximum atomic E-state index is 13.2. The van der Waals surface area contributed by atoms with Gasteiger partial charge in [0.25, 0.3) is 5.91 Å². The lowest BCUT2D eigenvalue weighted by atomic mass is 10.1. The summed E-state index contributed by atoms with van der Waals surface area (Å²) < 4.78 is 16.6. The van der Waals surface area contributed by atoms with Crippen molar-refractivity contribution in [3.8, 4) is 11.5 Å². The Kier molecular flexibility index (Phi) is 5.30. The first-order valence-electron chi connectivity index (χ1n) is 9.53. The molecule has 27 heavy (non-hydrogen) atoms. The van der Waals surface area contributed by atoms with Gasteiger partial charge in [-0.3, -0.25) is 4.79 Å². The summed E-state index contributed by atoms with van der Waals surface area (Å²) in [4.78, 5) is 15.0. The molecule has 0 bridgehead atoms. The van der Waals surface area contributed by atoms with Crippen LogP contribution in [0.4, 0.5) is 0 Å². The summed E-state index contributed by atoms with van der Waals surface area (Å²) in [5.41, 5.74) is 3.35. The highest BCUT2D eigenvalue weighted by molar-refractivity contribution is 5.81. The molecule has 1 fully saturated rings. The van der Waals surface area contributed by atoms with Gasteiger partial charge in [-0.25, -0.2) is 0 Å². The van der Waals surface area contributed by atoms with Crippen molar-refractivity contribution >= 4 is 5.91 Å². The molecule has 1 saturated heterocycles. The molecule has 2 aliphatic rings. The van der Waals surface area contributed by atoms with Crippen LogP contribution >= 0.6 is 0 Å². The average molecular weight is 367 g/mol. The number of benzene rings is 2. The quantitative estimate of drug-likeness (QED) is 0.806. The molecule has 0 saturated carbocycles. The van der Waals surface area contributed by atoms with E-state index in [0.717, 1.165) is 41.9 Å². The van der Waals surface area contributed by atoms with Crippen LogP contribution in [0, 0.1) is 6.92 Å². The second-order valence-corrected chi connectivity index (χ2v) is 7.22. The van der Waals surface area contributed by atoms with Gasteiger partial charge in [0.15, 0.2) is 11.5 Å². The van der Waals surface area contributed by atoms with E-state index in [1.165, 1.54) is 5.56 Å². The third-order valence-electron chi connectivity index (χ3n) is 5.07. The van der Waals surface area contributed by atoms with Gasteiger partial charge in [0.2, 0.25) is 6.79 Å². The number of ether oxygens (including phenoxy) is 3. The molecule has 2 aliphatic heterocycles. The summed E-state index contributed by atoms with van der Waals surface area (Å²) in [7, 11) is 0. The van der Waals surface area contributed by atoms with Crippen LogP contribution in [0.15, 0.2) is 42.5 Å². The van der Waals surface area contributed by atoms with Gasteiger partial charge in [-0.2, -0.15) is 0 Å². The minimum absolute atomic E-state index is 0.0629. The maximum absolute atomic E-state index is 13.2. The molecule has 1 amide bonds. The smallest absolute Gasteiger partial charge is 0.252 e. The zero-order valence-corrected chi connectivity index (χ0v) is 15.6. The van der Waals surface area contributed by atoms with Crippen molar-refractivity contribution in [2.75, 3.05) is 13.4 Å². The Hall–Kier alpha value is -2.53. The SMILES string of the molecule is Cc1ccc(CN(Cc2ccc3c(c2)OCO3)C(=O)C2CCCCO2)cc1. The van der Waals surface area contributed by atoms with Crippen LogP contribution in [0.25, 0.3) is 0 Å². The Labute approximate surface area is 159 Å². The van der Waals surface area contributed by atoms with E-state index in [1.54, 1.807) is 0 Å². The fourth-order valence-electron chi connectivity index (χ4n) is 3.52. The molecule has 2 heterocycles. The van der Waals surface area contributed by atoms with Gasteiger partial charge < -0.3 is 19.1 Å². The summed E-state index contributed by atoms with van der Waals surface area (Å²) in [6, 6.07) is 14.2. The molecule has 0 aromatic heterocycles. The van der Waals surface area contributed by atoms with Gasteiger partial charge in [-0.1, -0.05) is 35.9 Å². The summed E-state index contributed by atoms with van der Waals surface area (Å²) >= 11 is 0. The molecule has 1 atom stereocenters. The standard InChI is InChI=1S/C22H25NO4/c1-16-5-7-17(8-6-16)13-23(22(24)20-4-2-3-11-25-20)14-18-9-10-19-21(12-18)27-15-26-19/h5-10,12,20H,2-4,11,13-15H2,1H3. The van der Waals surface area contributed by atoms with Gasteiger partial charge in [-0.05, 0) is 49.4 Å². The molecule has 2 aromatic rings. The van der Waals surface area contributed by atoms with E-state index in [4.69, 9.17) is 14.2 Å². The fraction of sp³-hybridized carbons (Fsp3) is 0.409. The van der Waals surface area contributed by atoms with Gasteiger partial charge in [0.1, 0.15) is 6.10 Å². The minimum Gasteiger partial charge on any atom is -0.454 e. The number of amides is 1. The van der Waals surface area contributed by atoms with Crippen LogP contribution in [0.1, 0.15) is 36.0 Å². The molecule has 2 aromatic carbocycles. The molecule has 0 aliphatic carbocycles. The number of nitrogens with zero attached hydrogens (tertiary/aromatic N) is 1. The molecule has 1 unspecified atom stereocenters. The molecule has 5 heteroatoms. The van der Waals surface area contributed by atoms with E-state index in [0.29, 0.717) is 19.7 Å². The van der Waals surface area contributed by atoms with Crippen LogP contribution in [0.5, 0.6) is 11.5 Å². The number of hydrogen-bond acceptors (Lipinski definition) is 4. The lowest BCUT2D eigenvalue weighted by Gasteiger charge is -2.30. The van der Waals surface area contributed by atoms with Crippen molar-refractivity contribution in [3.05, 3.63) is 59.2 Å². The maximum Gasteiger partial charge on any atom is 0.252 e. The summed E-state index contributed by atoms with van der Waals surface area (Å²) in [6.07, 6.45) is 2.53. The van der Waals surface area contributed by atoms with Gasteiger partial charge in [0, 0.05) is 19.7 Å². The number of hydrogen-bond donors (Lipinski definition) is 0. The second kappa shape index (κ2) is 8.01. The van der Waals surface area contributed by atoms with Crippen molar-refractivity contribution in [2.45, 2.75) is 45.4 Å². The average Bonchev–Trinajstić information content (AvgIpc) is 3.17. The first-order chi connectivity index (χ1) is 13.2. The van der Waals surface area contributed by atoms with E-state index in [9.17, 15) is 4.79 Å². The highest BCUT2D eigenvalue weighted by atomic mass is 16.7. The molecule has 0 N–H and O–H groups in total. The van der Waals surface area contributed by atoms with Crippen molar-refractivity contribution in [1.82, 2.24) is 4.90 Å². The van der Waals surface area contributed by atoms with E-state index in [2.05, 4.69) is 31.2 Å². The van der Waals surface area contributed by atoms with Gasteiger partial charge in [-0.15, -0.1) is 0 Å². The van der Waals surface area contributed by atoms with Crippen LogP contribution in [0.3, 0.4) is 0 Å². The Morgan fingerprint density at radius 2 is 1.74 bits per heavy atom. The third kappa shape index (κ3) is 4.25. The molecule has 0 radical (unpaired) electrons. The summed E-state index contributed by atoms with van der Waals surface area (Å²) in [5.74, 6) is 1.56. The fourth-order valence-corrected chi connectivity index (χ4v) is 3.52. The molecule has 5 nitrogen and oxygen atoms in total. The highest BCUT2D eigenvalue weighted by Crippen LogP contribution is 2.33. The summed E-state index contributed by atoms with van der Waals surface area (Å²) in [5, 5.41) is 0. The predicted molar refractivity (Wildman–Crippen MR) is 102 cm³/mol. The lowest BCUT2D eigenvalue weighted by Crippen LogP contribution is -2.41. The van der Waals surface area contributed by atoms with Crippen LogP contribution in [-0.4, -0.2) is 30.3 Å². The predicted octanol–water partition coefficient (Wildman–Crippen LogP) is 3.82. The van der Waals surface area contributed by atoms with E-state index < -0.39 is 0 Å². The molecule has 4 rings (SSSR count). The van der Waals surface area contributed by atoms with Crippen molar-refractivity contribution in [3.63, 3.8) is 0 Å². The first-order valence-corrected chi connectivity index (χ1v) is 9.53. The Morgan fingerprint density at radius 1 is 1.00 bits per heavy atom. The molecular formula is C22H25NO4. The van der Waals surface area contributed by atoms with Crippen LogP contribution in [-0.2, 0) is 22.6 Å². The first kappa shape index (κ1) is 17.9. The topological polar surface area (TPSA) is 48.0 Å². The van der Waals surface area contributed by atoms with E-state index in [1.807, 2.05) is 23.1 Å². The monoisotopic (exact) mass is 367 g/mol. The largest absolute Gasteiger partial charge is 0.454 e. The Bertz CT molecular complexity index is 796. The van der Waals surface area contributed by atoms with Crippen LogP contribution < -0.4 is 9.47 Å². The van der Waals surface area contributed by atoms with Gasteiger partial charge >= 0.3 is 0 Å². The summed E-state index contributed by atoms with van der Waals surface area (Å²) in [6.45, 7) is 4.06. The molecular weight excluding hydrogens is 342 g/mol. The number of carbonyl (C=O) groups excluding carboxylic acids is 1. The number of carbonyl (C=O) groups is 1. The lowest BCUT2D eigenvalue weighted by molar-refractivity contribution is -0.147. The second-order valence-electron chi connectivity index (χ2n) is 7.22. The third-order valence-corrected chi connectivity index (χ3v) is 5.07. The van der Waals surface area contributed by atoms with E-state index in [-0.39, 0.29) is 18.8 Å². The van der Waals surface area contributed by atoms with Crippen molar-refractivity contribution in [1.29, 1.82) is 0 Å². The zero-order valence-electron chi connectivity index (χ0n) is 15.6. The van der Waals surface area contributed by atoms with Crippen LogP contribution in [0.2, 0.25) is 0 Å². The number of aryl methyl sites for hydroxylation is 1. The van der Waals surface area contributed by atoms with Crippen molar-refractivity contribution < 1.29 is 19.0 Å². The molecule has 142 valence electrons. The number of rotatable bonds is 5. The number of fused-ring (bicyclic) bond motifs is 1. The normalized spacial score (nSPS) is 18.3. The molecule has 0 spiro atoms. The Balaban J connectivity index is 1.54. The van der Waals surface area contributed by atoms with E-state index >= 15 is 0 Å². The zero-order chi connectivity index (χ0) is 18.6. The van der Waals surface area contributed by atoms with Gasteiger partial charge in [0.05, 0.1) is 0 Å². The minimum atomic E-state index is -0.335. The highest BCUT2D eigenvalue weighted by Gasteiger charge is 2.27. The Morgan fingerprint density at radius 3 is 2.52 bits per heavy atom.